The predicted molar refractivity (Wildman–Crippen MR) is 62.7 cm³/mol. The Bertz CT molecular complexity index is 258. The summed E-state index contributed by atoms with van der Waals surface area (Å²) >= 11 is 0. The summed E-state index contributed by atoms with van der Waals surface area (Å²) in [4.78, 5) is 19.1. The van der Waals surface area contributed by atoms with Gasteiger partial charge in [-0.1, -0.05) is 0 Å². The molecule has 0 aliphatic rings. The lowest BCUT2D eigenvalue weighted by Crippen LogP contribution is -1.99. The second kappa shape index (κ2) is 18.5. The van der Waals surface area contributed by atoms with Gasteiger partial charge in [0.1, 0.15) is 0 Å². The highest BCUT2D eigenvalue weighted by Gasteiger charge is 1.77. The van der Waals surface area contributed by atoms with E-state index in [4.69, 9.17) is 14.9 Å². The van der Waals surface area contributed by atoms with Crippen LogP contribution >= 0.6 is 0 Å². The summed E-state index contributed by atoms with van der Waals surface area (Å²) in [5.41, 5.74) is 9.05. The van der Waals surface area contributed by atoms with Crippen LogP contribution in [0.3, 0.4) is 0 Å². The molecule has 0 aliphatic carbocycles. The van der Waals surface area contributed by atoms with Crippen LogP contribution in [0.2, 0.25) is 0 Å². The van der Waals surface area contributed by atoms with Gasteiger partial charge in [-0.15, -0.1) is 0 Å². The van der Waals surface area contributed by atoms with Crippen LogP contribution in [0.1, 0.15) is 6.92 Å². The number of hydrogen-bond donors (Lipinski definition) is 2. The van der Waals surface area contributed by atoms with E-state index in [-0.39, 0.29) is 12.8 Å². The van der Waals surface area contributed by atoms with Gasteiger partial charge in [0.05, 0.1) is 6.07 Å². The lowest BCUT2D eigenvalue weighted by Gasteiger charge is -2.00. The number of amides is 2. The maximum absolute atomic E-state index is 8.58. The molecule has 0 atom stereocenters. The number of rotatable bonds is 2. The van der Waals surface area contributed by atoms with Crippen LogP contribution in [0.4, 0.5) is 0 Å². The highest BCUT2D eigenvalue weighted by molar-refractivity contribution is 5.42. The first-order valence-corrected chi connectivity index (χ1v) is 4.22. The topological polar surface area (TPSA) is 113 Å². The molecule has 0 unspecified atom stereocenters. The molecule has 0 spiro atoms. The fraction of sp³-hybridized carbons (Fsp3) is 0.300. The minimum Gasteiger partial charge on any atom is -0.383 e. The molecule has 0 aromatic rings. The van der Waals surface area contributed by atoms with Crippen molar-refractivity contribution in [3.63, 3.8) is 0 Å². The summed E-state index contributed by atoms with van der Waals surface area (Å²) in [5.74, 6) is 0. The molecular formula is C10H18N4O2. The fourth-order valence-corrected chi connectivity index (χ4v) is 0.397. The van der Waals surface area contributed by atoms with E-state index >= 15 is 0 Å². The Labute approximate surface area is 95.8 Å². The molecule has 0 aliphatic heterocycles. The molecule has 0 radical (unpaired) electrons. The summed E-state index contributed by atoms with van der Waals surface area (Å²) in [5, 5.41) is 8.33. The molecule has 0 aromatic heterocycles. The lowest BCUT2D eigenvalue weighted by molar-refractivity contribution is -0.107. The van der Waals surface area contributed by atoms with Crippen LogP contribution in [0, 0.1) is 11.3 Å². The zero-order valence-electron chi connectivity index (χ0n) is 9.75. The fourth-order valence-electron chi connectivity index (χ4n) is 0.397. The molecule has 0 bridgehead atoms. The van der Waals surface area contributed by atoms with E-state index in [1.807, 2.05) is 37.3 Å². The van der Waals surface area contributed by atoms with Crippen LogP contribution < -0.4 is 11.5 Å². The number of carbonyl (C=O) groups is 2. The second-order valence-electron chi connectivity index (χ2n) is 2.54. The van der Waals surface area contributed by atoms with Gasteiger partial charge in [0.2, 0.25) is 12.8 Å². The van der Waals surface area contributed by atoms with Crippen LogP contribution in [-0.4, -0.2) is 31.8 Å². The first kappa shape index (κ1) is 19.3. The smallest absolute Gasteiger partial charge is 0.204 e. The highest BCUT2D eigenvalue weighted by Crippen LogP contribution is 1.89. The largest absolute Gasteiger partial charge is 0.383 e. The van der Waals surface area contributed by atoms with Crippen molar-refractivity contribution < 1.29 is 9.59 Å². The first-order chi connectivity index (χ1) is 7.49. The summed E-state index contributed by atoms with van der Waals surface area (Å²) < 4.78 is 0. The van der Waals surface area contributed by atoms with Gasteiger partial charge >= 0.3 is 0 Å². The van der Waals surface area contributed by atoms with Crippen molar-refractivity contribution in [3.8, 4) is 6.07 Å². The highest BCUT2D eigenvalue weighted by atomic mass is 16.1. The number of nitrogens with zero attached hydrogens (tertiary/aromatic N) is 2. The zero-order valence-corrected chi connectivity index (χ0v) is 9.75. The maximum atomic E-state index is 8.58. The molecule has 4 N–H and O–H groups in total. The van der Waals surface area contributed by atoms with E-state index < -0.39 is 0 Å². The van der Waals surface area contributed by atoms with Gasteiger partial charge in [-0.05, 0) is 25.3 Å². The van der Waals surface area contributed by atoms with Crippen molar-refractivity contribution in [2.75, 3.05) is 14.1 Å². The number of allylic oxidation sites excluding steroid dienone is 3. The van der Waals surface area contributed by atoms with Crippen LogP contribution in [0.5, 0.6) is 0 Å². The number of nitriles is 1. The van der Waals surface area contributed by atoms with Gasteiger partial charge in [-0.3, -0.25) is 9.59 Å². The third kappa shape index (κ3) is 41.2. The Morgan fingerprint density at radius 2 is 1.62 bits per heavy atom. The third-order valence-electron chi connectivity index (χ3n) is 0.907. The molecule has 90 valence electrons. The van der Waals surface area contributed by atoms with Gasteiger partial charge < -0.3 is 16.4 Å². The number of hydrogen-bond acceptors (Lipinski definition) is 4. The summed E-state index contributed by atoms with van der Waals surface area (Å²) in [7, 11) is 3.87. The standard InChI is InChI=1S/C8H12N2.2CH3NO/c1-8(7-9)5-4-6-10(2)3;2*2-1-3/h4-6H,1-3H3;2*1H,(H2,2,3). The third-order valence-corrected chi connectivity index (χ3v) is 0.907. The Balaban J connectivity index is -0.000000235. The molecule has 6 nitrogen and oxygen atoms in total. The Kier molecular flexibility index (Phi) is 22.3. The zero-order chi connectivity index (χ0) is 13.4. The van der Waals surface area contributed by atoms with Gasteiger partial charge in [0.25, 0.3) is 0 Å². The average molecular weight is 226 g/mol. The van der Waals surface area contributed by atoms with Crippen molar-refractivity contribution in [2.24, 2.45) is 11.5 Å². The van der Waals surface area contributed by atoms with E-state index in [1.54, 1.807) is 13.0 Å². The lowest BCUT2D eigenvalue weighted by atomic mass is 10.3. The van der Waals surface area contributed by atoms with E-state index in [0.717, 1.165) is 5.57 Å². The van der Waals surface area contributed by atoms with Crippen molar-refractivity contribution in [1.29, 1.82) is 5.26 Å². The normalized spacial score (nSPS) is 8.75. The first-order valence-electron chi connectivity index (χ1n) is 4.22. The molecule has 0 saturated heterocycles. The van der Waals surface area contributed by atoms with E-state index in [9.17, 15) is 0 Å². The SMILES string of the molecule is CC(C#N)=CC=CN(C)C.NC=O.NC=O. The summed E-state index contributed by atoms with van der Waals surface area (Å²) in [6.07, 6.45) is 6.01. The number of nitrogens with two attached hydrogens (primary N) is 2. The minimum absolute atomic E-state index is 0.250. The summed E-state index contributed by atoms with van der Waals surface area (Å²) in [6, 6.07) is 2.03. The predicted octanol–water partition coefficient (Wildman–Crippen LogP) is -0.265. The quantitative estimate of drug-likeness (QED) is 0.383. The van der Waals surface area contributed by atoms with Gasteiger partial charge in [0, 0.05) is 19.7 Å². The van der Waals surface area contributed by atoms with E-state index in [2.05, 4.69) is 11.5 Å². The van der Waals surface area contributed by atoms with Gasteiger partial charge in [0.15, 0.2) is 0 Å². The van der Waals surface area contributed by atoms with Gasteiger partial charge in [-0.2, -0.15) is 5.26 Å². The van der Waals surface area contributed by atoms with Crippen molar-refractivity contribution in [3.05, 3.63) is 23.9 Å². The van der Waals surface area contributed by atoms with Crippen molar-refractivity contribution in [1.82, 2.24) is 4.90 Å². The molecule has 2 amide bonds. The number of carbonyl (C=O) groups excluding carboxylic acids is 2. The van der Waals surface area contributed by atoms with Crippen molar-refractivity contribution in [2.45, 2.75) is 6.92 Å². The van der Waals surface area contributed by atoms with Gasteiger partial charge in [-0.25, -0.2) is 0 Å². The monoisotopic (exact) mass is 226 g/mol. The van der Waals surface area contributed by atoms with Crippen LogP contribution in [-0.2, 0) is 9.59 Å². The molecular weight excluding hydrogens is 208 g/mol. The maximum Gasteiger partial charge on any atom is 0.204 e. The van der Waals surface area contributed by atoms with Crippen LogP contribution in [0.15, 0.2) is 23.9 Å². The molecule has 0 saturated carbocycles. The molecule has 0 fully saturated rings. The molecule has 6 heteroatoms. The Morgan fingerprint density at radius 3 is 1.88 bits per heavy atom. The molecule has 0 aromatic carbocycles. The van der Waals surface area contributed by atoms with Crippen molar-refractivity contribution >= 4 is 12.8 Å². The molecule has 16 heavy (non-hydrogen) atoms. The minimum atomic E-state index is 0.250. The molecule has 0 heterocycles. The number of primary amides is 2. The summed E-state index contributed by atoms with van der Waals surface area (Å²) in [6.45, 7) is 1.78. The average Bonchev–Trinajstić information content (AvgIpc) is 2.19. The van der Waals surface area contributed by atoms with E-state index in [1.165, 1.54) is 0 Å². The van der Waals surface area contributed by atoms with Crippen LogP contribution in [0.25, 0.3) is 0 Å². The Morgan fingerprint density at radius 1 is 1.25 bits per heavy atom. The Hall–Kier alpha value is -2.29. The molecule has 0 rings (SSSR count). The van der Waals surface area contributed by atoms with E-state index in [0.29, 0.717) is 0 Å². The second-order valence-corrected chi connectivity index (χ2v) is 2.54.